The van der Waals surface area contributed by atoms with Gasteiger partial charge in [-0.05, 0) is 12.8 Å². The van der Waals surface area contributed by atoms with Crippen LogP contribution in [0.15, 0.2) is 0 Å². The number of rotatable bonds is 38. The fourth-order valence-corrected chi connectivity index (χ4v) is 7.45. The fraction of sp³-hybridized carbons (Fsp3) is 0.975. The molecule has 0 fully saturated rings. The number of nitrogens with one attached hydrogen (secondary N) is 1. The predicted octanol–water partition coefficient (Wildman–Crippen LogP) is 12.0. The summed E-state index contributed by atoms with van der Waals surface area (Å²) in [5.74, 6) is -0.885. The molecule has 6 nitrogen and oxygen atoms in total. The van der Waals surface area contributed by atoms with Crippen molar-refractivity contribution in [3.05, 3.63) is 0 Å². The highest BCUT2D eigenvalue weighted by atomic mass is 32.2. The third-order valence-corrected chi connectivity index (χ3v) is 10.6. The van der Waals surface area contributed by atoms with Gasteiger partial charge in [0.1, 0.15) is 0 Å². The van der Waals surface area contributed by atoms with Gasteiger partial charge in [-0.15, -0.1) is 0 Å². The third kappa shape index (κ3) is 36.4. The zero-order valence-electron chi connectivity index (χ0n) is 31.4. The van der Waals surface area contributed by atoms with Gasteiger partial charge in [0.2, 0.25) is 5.91 Å². The lowest BCUT2D eigenvalue weighted by molar-refractivity contribution is -0.122. The van der Waals surface area contributed by atoms with Gasteiger partial charge in [-0.3, -0.25) is 9.35 Å². The van der Waals surface area contributed by atoms with Crippen molar-refractivity contribution >= 4 is 16.0 Å². The third-order valence-electron chi connectivity index (χ3n) is 9.81. The van der Waals surface area contributed by atoms with Crippen LogP contribution >= 0.6 is 0 Å². The largest absolute Gasteiger partial charge is 0.391 e. The summed E-state index contributed by atoms with van der Waals surface area (Å²) in [5.41, 5.74) is 0. The Bertz CT molecular complexity index is 760. The summed E-state index contributed by atoms with van der Waals surface area (Å²) in [4.78, 5) is 12.5. The van der Waals surface area contributed by atoms with Crippen LogP contribution < -0.4 is 5.32 Å². The zero-order valence-corrected chi connectivity index (χ0v) is 32.2. The summed E-state index contributed by atoms with van der Waals surface area (Å²) in [7, 11) is -4.30. The maximum absolute atomic E-state index is 12.5. The molecule has 0 rings (SSSR count). The maximum Gasteiger partial charge on any atom is 0.266 e. The number of carbonyl (C=O) groups is 1. The van der Waals surface area contributed by atoms with Crippen LogP contribution in [0.2, 0.25) is 0 Å². The normalized spacial score (nSPS) is 13.2. The molecule has 0 bridgehead atoms. The van der Waals surface area contributed by atoms with Crippen LogP contribution in [-0.2, 0) is 14.9 Å². The van der Waals surface area contributed by atoms with Crippen molar-refractivity contribution in [3.8, 4) is 0 Å². The number of unbranched alkanes of at least 4 members (excludes halogenated alkanes) is 30. The Kier molecular flexibility index (Phi) is 34.7. The zero-order chi connectivity index (χ0) is 34.7. The monoisotopic (exact) mass is 688 g/mol. The summed E-state index contributed by atoms with van der Waals surface area (Å²) in [5, 5.41) is 13.3. The van der Waals surface area contributed by atoms with Gasteiger partial charge >= 0.3 is 0 Å². The first kappa shape index (κ1) is 46.3. The van der Waals surface area contributed by atoms with Gasteiger partial charge in [0, 0.05) is 6.42 Å². The molecule has 0 aliphatic heterocycles. The van der Waals surface area contributed by atoms with Crippen molar-refractivity contribution in [3.63, 3.8) is 0 Å². The molecule has 2 unspecified atom stereocenters. The molecule has 0 radical (unpaired) electrons. The Morgan fingerprint density at radius 3 is 1.06 bits per heavy atom. The van der Waals surface area contributed by atoms with E-state index in [0.29, 0.717) is 12.8 Å². The van der Waals surface area contributed by atoms with E-state index in [1.807, 2.05) is 0 Å². The molecule has 282 valence electrons. The molecule has 0 aromatic carbocycles. The predicted molar refractivity (Wildman–Crippen MR) is 203 cm³/mol. The fourth-order valence-electron chi connectivity index (χ4n) is 6.69. The average molecular weight is 688 g/mol. The molecule has 0 aromatic heterocycles. The van der Waals surface area contributed by atoms with Gasteiger partial charge in [-0.1, -0.05) is 213 Å². The minimum atomic E-state index is -4.30. The van der Waals surface area contributed by atoms with E-state index in [1.54, 1.807) is 0 Å². The highest BCUT2D eigenvalue weighted by Crippen LogP contribution is 2.17. The van der Waals surface area contributed by atoms with Gasteiger partial charge in [-0.2, -0.15) is 8.42 Å². The van der Waals surface area contributed by atoms with Gasteiger partial charge in [0.25, 0.3) is 10.1 Å². The molecule has 1 amide bonds. The second-order valence-corrected chi connectivity index (χ2v) is 16.1. The van der Waals surface area contributed by atoms with Gasteiger partial charge in [0.15, 0.2) is 0 Å². The Balaban J connectivity index is 3.76. The lowest BCUT2D eigenvalue weighted by Gasteiger charge is -2.23. The molecule has 2 atom stereocenters. The topological polar surface area (TPSA) is 104 Å². The Morgan fingerprint density at radius 1 is 0.489 bits per heavy atom. The van der Waals surface area contributed by atoms with Crippen LogP contribution in [0.25, 0.3) is 0 Å². The molecule has 0 saturated heterocycles. The van der Waals surface area contributed by atoms with Gasteiger partial charge in [-0.25, -0.2) is 0 Å². The molecule has 0 aromatic rings. The first-order chi connectivity index (χ1) is 22.8. The summed E-state index contributed by atoms with van der Waals surface area (Å²) >= 11 is 0. The van der Waals surface area contributed by atoms with E-state index >= 15 is 0 Å². The quantitative estimate of drug-likeness (QED) is 0.0443. The molecule has 3 N–H and O–H groups in total. The highest BCUT2D eigenvalue weighted by molar-refractivity contribution is 7.85. The SMILES string of the molecule is CCCCCCCCCCCCCCCCCCCCCCCC(O)C(CS(=O)(=O)O)NC(=O)CCCCCCCCCCCCC. The lowest BCUT2D eigenvalue weighted by atomic mass is 10.0. The van der Waals surface area contributed by atoms with Crippen LogP contribution in [0.4, 0.5) is 0 Å². The van der Waals surface area contributed by atoms with E-state index < -0.39 is 28.0 Å². The van der Waals surface area contributed by atoms with Crippen molar-refractivity contribution in [2.45, 2.75) is 244 Å². The van der Waals surface area contributed by atoms with Gasteiger partial charge in [0.05, 0.1) is 17.9 Å². The van der Waals surface area contributed by atoms with Gasteiger partial charge < -0.3 is 10.4 Å². The van der Waals surface area contributed by atoms with Crippen molar-refractivity contribution in [2.24, 2.45) is 0 Å². The first-order valence-electron chi connectivity index (χ1n) is 20.7. The average Bonchev–Trinajstić information content (AvgIpc) is 3.03. The van der Waals surface area contributed by atoms with Crippen LogP contribution in [0.1, 0.15) is 232 Å². The van der Waals surface area contributed by atoms with Crippen molar-refractivity contribution in [1.82, 2.24) is 5.32 Å². The highest BCUT2D eigenvalue weighted by Gasteiger charge is 2.26. The molecule has 0 aliphatic rings. The molecule has 0 spiro atoms. The Labute approximate surface area is 293 Å². The molecule has 47 heavy (non-hydrogen) atoms. The number of hydrogen-bond donors (Lipinski definition) is 3. The molecule has 0 saturated carbocycles. The number of hydrogen-bond acceptors (Lipinski definition) is 4. The van der Waals surface area contributed by atoms with E-state index in [0.717, 1.165) is 38.5 Å². The summed E-state index contributed by atoms with van der Waals surface area (Å²) in [6.45, 7) is 4.52. The molecular weight excluding hydrogens is 607 g/mol. The number of aliphatic hydroxyl groups is 1. The summed E-state index contributed by atoms with van der Waals surface area (Å²) in [6, 6.07) is -0.963. The second-order valence-electron chi connectivity index (χ2n) is 14.6. The summed E-state index contributed by atoms with van der Waals surface area (Å²) in [6.07, 6.45) is 40.6. The van der Waals surface area contributed by atoms with E-state index in [9.17, 15) is 22.9 Å². The Hall–Kier alpha value is -0.660. The van der Waals surface area contributed by atoms with E-state index in [1.165, 1.54) is 167 Å². The maximum atomic E-state index is 12.5. The van der Waals surface area contributed by atoms with E-state index in [2.05, 4.69) is 19.2 Å². The van der Waals surface area contributed by atoms with E-state index in [-0.39, 0.29) is 5.91 Å². The molecule has 0 heterocycles. The Morgan fingerprint density at radius 2 is 0.766 bits per heavy atom. The number of amides is 1. The standard InChI is InChI=1S/C40H81NO5S/c1-3-5-7-9-11-13-15-16-17-18-19-20-21-22-23-24-26-27-29-31-33-35-39(42)38(37-47(44,45)46)41-40(43)36-34-32-30-28-25-14-12-10-8-6-4-2/h38-39,42H,3-37H2,1-2H3,(H,41,43)(H,44,45,46). The first-order valence-corrected chi connectivity index (χ1v) is 22.3. The molecule has 0 aliphatic carbocycles. The van der Waals surface area contributed by atoms with Crippen molar-refractivity contribution in [2.75, 3.05) is 5.75 Å². The number of carbonyl (C=O) groups excluding carboxylic acids is 1. The van der Waals surface area contributed by atoms with Crippen molar-refractivity contribution in [1.29, 1.82) is 0 Å². The second kappa shape index (κ2) is 35.2. The summed E-state index contributed by atoms with van der Waals surface area (Å²) < 4.78 is 32.5. The minimum absolute atomic E-state index is 0.243. The van der Waals surface area contributed by atoms with Crippen LogP contribution in [0.5, 0.6) is 0 Å². The van der Waals surface area contributed by atoms with Crippen LogP contribution in [-0.4, -0.2) is 41.9 Å². The number of aliphatic hydroxyl groups excluding tert-OH is 1. The van der Waals surface area contributed by atoms with Crippen LogP contribution in [0.3, 0.4) is 0 Å². The van der Waals surface area contributed by atoms with Crippen molar-refractivity contribution < 1.29 is 22.9 Å². The van der Waals surface area contributed by atoms with Crippen LogP contribution in [0, 0.1) is 0 Å². The smallest absolute Gasteiger partial charge is 0.266 e. The minimum Gasteiger partial charge on any atom is -0.391 e. The molecule has 7 heteroatoms. The van der Waals surface area contributed by atoms with E-state index in [4.69, 9.17) is 0 Å². The molecular formula is C40H81NO5S. The lowest BCUT2D eigenvalue weighted by Crippen LogP contribution is -2.47.